The SMILES string of the molecule is C=C/C=C/CCOc1ccccc1C(C)(O[Si](C)(C)C)[Si]([Si](C)(C)C)[Si](C)(C)C. The van der Waals surface area contributed by atoms with Crippen molar-refractivity contribution >= 4 is 31.3 Å². The van der Waals surface area contributed by atoms with Crippen LogP contribution in [0.25, 0.3) is 0 Å². The summed E-state index contributed by atoms with van der Waals surface area (Å²) in [6.45, 7) is 29.1. The maximum atomic E-state index is 7.16. The van der Waals surface area contributed by atoms with Gasteiger partial charge in [-0.05, 0) is 39.1 Å². The molecule has 0 N–H and O–H groups in total. The van der Waals surface area contributed by atoms with Crippen molar-refractivity contribution in [3.8, 4) is 5.75 Å². The number of hydrogen-bond acceptors (Lipinski definition) is 2. The van der Waals surface area contributed by atoms with Crippen LogP contribution in [0.5, 0.6) is 5.75 Å². The first-order chi connectivity index (χ1) is 13.1. The zero-order chi connectivity index (χ0) is 22.5. The summed E-state index contributed by atoms with van der Waals surface area (Å²) < 4.78 is 13.5. The fourth-order valence-corrected chi connectivity index (χ4v) is 50.4. The van der Waals surface area contributed by atoms with Crippen molar-refractivity contribution in [3.63, 3.8) is 0 Å². The number of rotatable bonds is 11. The Morgan fingerprint density at radius 1 is 0.966 bits per heavy atom. The molecular weight excluding hydrogens is 421 g/mol. The van der Waals surface area contributed by atoms with Crippen molar-refractivity contribution < 1.29 is 9.16 Å². The Labute approximate surface area is 184 Å². The number of allylic oxidation sites excluding steroid dienone is 2. The van der Waals surface area contributed by atoms with Gasteiger partial charge in [0.05, 0.1) is 19.7 Å². The third-order valence-electron chi connectivity index (χ3n) is 4.70. The van der Waals surface area contributed by atoms with Gasteiger partial charge in [-0.3, -0.25) is 0 Å². The van der Waals surface area contributed by atoms with E-state index in [9.17, 15) is 0 Å². The average Bonchev–Trinajstić information content (AvgIpc) is 2.50. The van der Waals surface area contributed by atoms with E-state index in [1.165, 1.54) is 5.56 Å². The highest BCUT2D eigenvalue weighted by molar-refractivity contribution is 7.60. The molecule has 29 heavy (non-hydrogen) atoms. The maximum Gasteiger partial charge on any atom is 0.184 e. The minimum absolute atomic E-state index is 0.225. The summed E-state index contributed by atoms with van der Waals surface area (Å²) in [4.78, 5) is 0. The molecule has 1 rings (SSSR count). The largest absolute Gasteiger partial charge is 0.493 e. The summed E-state index contributed by atoms with van der Waals surface area (Å²) >= 11 is 0. The van der Waals surface area contributed by atoms with Gasteiger partial charge in [-0.25, -0.2) is 0 Å². The molecule has 1 radical (unpaired) electrons. The molecule has 0 fully saturated rings. The quantitative estimate of drug-likeness (QED) is 0.197. The lowest BCUT2D eigenvalue weighted by molar-refractivity contribution is 0.160. The Kier molecular flexibility index (Phi) is 9.17. The molecule has 1 aromatic rings. The van der Waals surface area contributed by atoms with E-state index in [4.69, 9.17) is 9.16 Å². The Hall–Kier alpha value is -0.672. The maximum absolute atomic E-state index is 7.16. The molecule has 0 saturated heterocycles. The Balaban J connectivity index is 3.52. The van der Waals surface area contributed by atoms with E-state index in [0.717, 1.165) is 12.2 Å². The second-order valence-corrected chi connectivity index (χ2v) is 39.6. The smallest absolute Gasteiger partial charge is 0.184 e. The molecule has 0 aromatic heterocycles. The van der Waals surface area contributed by atoms with E-state index < -0.39 is 31.3 Å². The highest BCUT2D eigenvalue weighted by Gasteiger charge is 2.54. The van der Waals surface area contributed by atoms with Gasteiger partial charge in [0.15, 0.2) is 8.32 Å². The van der Waals surface area contributed by atoms with Crippen LogP contribution in [0.1, 0.15) is 18.9 Å². The molecule has 6 heteroatoms. The number of ether oxygens (including phenoxy) is 1. The summed E-state index contributed by atoms with van der Waals surface area (Å²) in [6.07, 6.45) is 6.77. The van der Waals surface area contributed by atoms with E-state index in [1.54, 1.807) is 0 Å². The fourth-order valence-electron chi connectivity index (χ4n) is 4.83. The molecule has 0 amide bonds. The van der Waals surface area contributed by atoms with E-state index in [0.29, 0.717) is 6.61 Å². The molecule has 0 saturated carbocycles. The lowest BCUT2D eigenvalue weighted by Gasteiger charge is -2.51. The van der Waals surface area contributed by atoms with Gasteiger partial charge in [0, 0.05) is 20.7 Å². The normalized spacial score (nSPS) is 15.6. The monoisotopic (exact) mass is 463 g/mol. The van der Waals surface area contributed by atoms with Crippen molar-refractivity contribution in [2.75, 3.05) is 6.61 Å². The first-order valence-corrected chi connectivity index (χ1v) is 24.6. The average molecular weight is 464 g/mol. The van der Waals surface area contributed by atoms with Gasteiger partial charge in [-0.15, -0.1) is 0 Å². The van der Waals surface area contributed by atoms with Crippen LogP contribution in [0.3, 0.4) is 0 Å². The molecule has 1 unspecified atom stereocenters. The van der Waals surface area contributed by atoms with Gasteiger partial charge in [0.2, 0.25) is 0 Å². The molecule has 1 aromatic carbocycles. The molecule has 0 aliphatic carbocycles. The molecule has 0 aliphatic rings. The zero-order valence-corrected chi connectivity index (χ0v) is 24.5. The van der Waals surface area contributed by atoms with E-state index in [2.05, 4.69) is 103 Å². The topological polar surface area (TPSA) is 18.5 Å². The van der Waals surface area contributed by atoms with Crippen LogP contribution in [-0.2, 0) is 9.65 Å². The number of benzene rings is 1. The first kappa shape index (κ1) is 26.4. The highest BCUT2D eigenvalue weighted by atomic mass is 29.6. The third kappa shape index (κ3) is 7.83. The van der Waals surface area contributed by atoms with Gasteiger partial charge in [-0.1, -0.05) is 82.3 Å². The second kappa shape index (κ2) is 10.1. The van der Waals surface area contributed by atoms with Crippen LogP contribution in [0, 0.1) is 0 Å². The van der Waals surface area contributed by atoms with Gasteiger partial charge >= 0.3 is 0 Å². The predicted octanol–water partition coefficient (Wildman–Crippen LogP) is 7.13. The zero-order valence-electron chi connectivity index (χ0n) is 20.5. The van der Waals surface area contributed by atoms with Gasteiger partial charge in [-0.2, -0.15) is 0 Å². The van der Waals surface area contributed by atoms with Crippen LogP contribution in [0.15, 0.2) is 49.1 Å². The lowest BCUT2D eigenvalue weighted by atomic mass is 10.1. The molecular formula is C23H43O2Si4. The van der Waals surface area contributed by atoms with Crippen LogP contribution in [0.4, 0.5) is 0 Å². The molecule has 0 aliphatic heterocycles. The molecule has 0 spiro atoms. The Morgan fingerprint density at radius 2 is 1.52 bits per heavy atom. The van der Waals surface area contributed by atoms with E-state index >= 15 is 0 Å². The molecule has 163 valence electrons. The van der Waals surface area contributed by atoms with Crippen molar-refractivity contribution in [1.82, 2.24) is 0 Å². The highest BCUT2D eigenvalue weighted by Crippen LogP contribution is 2.43. The molecule has 2 nitrogen and oxygen atoms in total. The summed E-state index contributed by atoms with van der Waals surface area (Å²) in [5, 5.41) is -0.225. The molecule has 1 atom stereocenters. The summed E-state index contributed by atoms with van der Waals surface area (Å²) in [6, 6.07) is 8.63. The number of para-hydroxylation sites is 1. The third-order valence-corrected chi connectivity index (χ3v) is 35.6. The standard InChI is InChI=1S/C23H43O2Si4/c1-12-13-14-17-20-24-22-19-16-15-18-21(22)23(2,25-27(3,4)5)26(28(6,7)8)29(9,10)11/h12-16,18-19H,1,17,20H2,2-11H3/b14-13+. The van der Waals surface area contributed by atoms with Crippen LogP contribution in [-0.4, -0.2) is 37.9 Å². The van der Waals surface area contributed by atoms with E-state index in [1.807, 2.05) is 12.2 Å². The van der Waals surface area contributed by atoms with Gasteiger partial charge in [0.1, 0.15) is 5.75 Å². The fraction of sp³-hybridized carbons (Fsp3) is 0.565. The summed E-state index contributed by atoms with van der Waals surface area (Å²) in [5.74, 6) is 0.999. The first-order valence-electron chi connectivity index (χ1n) is 10.7. The van der Waals surface area contributed by atoms with E-state index in [-0.39, 0.29) is 5.22 Å². The van der Waals surface area contributed by atoms with Crippen molar-refractivity contribution in [2.24, 2.45) is 0 Å². The summed E-state index contributed by atoms with van der Waals surface area (Å²) in [5.41, 5.74) is 1.27. The van der Waals surface area contributed by atoms with Crippen molar-refractivity contribution in [1.29, 1.82) is 0 Å². The van der Waals surface area contributed by atoms with Gasteiger partial charge in [0.25, 0.3) is 0 Å². The molecule has 0 bridgehead atoms. The van der Waals surface area contributed by atoms with Crippen LogP contribution in [0.2, 0.25) is 58.9 Å². The van der Waals surface area contributed by atoms with Crippen LogP contribution >= 0.6 is 0 Å². The van der Waals surface area contributed by atoms with Crippen molar-refractivity contribution in [2.45, 2.75) is 77.5 Å². The Bertz CT molecular complexity index is 682. The van der Waals surface area contributed by atoms with Gasteiger partial charge < -0.3 is 9.16 Å². The second-order valence-electron chi connectivity index (χ2n) is 10.9. The number of hydrogen-bond donors (Lipinski definition) is 0. The predicted molar refractivity (Wildman–Crippen MR) is 140 cm³/mol. The van der Waals surface area contributed by atoms with Crippen molar-refractivity contribution in [3.05, 3.63) is 54.6 Å². The Morgan fingerprint density at radius 3 is 2.00 bits per heavy atom. The lowest BCUT2D eigenvalue weighted by Crippen LogP contribution is -2.70. The summed E-state index contributed by atoms with van der Waals surface area (Å²) in [7, 11) is -5.41. The minimum Gasteiger partial charge on any atom is -0.493 e. The molecule has 0 heterocycles. The van der Waals surface area contributed by atoms with Crippen LogP contribution < -0.4 is 4.74 Å². The minimum atomic E-state index is -1.78.